The maximum absolute atomic E-state index is 12.9. The fourth-order valence-corrected chi connectivity index (χ4v) is 3.77. The third kappa shape index (κ3) is 6.99. The van der Waals surface area contributed by atoms with Crippen LogP contribution in [0, 0.1) is 18.8 Å². The second-order valence-electron chi connectivity index (χ2n) is 8.12. The van der Waals surface area contributed by atoms with Crippen molar-refractivity contribution in [3.8, 4) is 0 Å². The van der Waals surface area contributed by atoms with Crippen molar-refractivity contribution < 1.29 is 9.59 Å². The van der Waals surface area contributed by atoms with Crippen LogP contribution in [0.15, 0.2) is 24.3 Å². The molecule has 0 aromatic heterocycles. The fraction of sp³-hybridized carbons (Fsp3) is 0.591. The highest BCUT2D eigenvalue weighted by atomic mass is 32.1. The molecule has 7 heteroatoms. The lowest BCUT2D eigenvalue weighted by Gasteiger charge is -2.37. The van der Waals surface area contributed by atoms with E-state index in [0.717, 1.165) is 43.2 Å². The molecule has 0 bridgehead atoms. The van der Waals surface area contributed by atoms with Crippen LogP contribution >= 0.6 is 12.2 Å². The molecule has 0 spiro atoms. The minimum Gasteiger partial charge on any atom is -0.363 e. The Morgan fingerprint density at radius 3 is 2.31 bits per heavy atom. The Bertz CT molecular complexity index is 697. The molecule has 1 saturated heterocycles. The third-order valence-corrected chi connectivity index (χ3v) is 5.60. The van der Waals surface area contributed by atoms with E-state index in [0.29, 0.717) is 18.0 Å². The molecule has 1 aliphatic heterocycles. The van der Waals surface area contributed by atoms with Gasteiger partial charge in [-0.05, 0) is 62.9 Å². The first-order valence-electron chi connectivity index (χ1n) is 10.5. The zero-order valence-corrected chi connectivity index (χ0v) is 18.8. The molecule has 1 heterocycles. The Balaban J connectivity index is 2.07. The van der Waals surface area contributed by atoms with Crippen LogP contribution in [0.1, 0.15) is 49.5 Å². The zero-order chi connectivity index (χ0) is 21.4. The summed E-state index contributed by atoms with van der Waals surface area (Å²) in [6, 6.07) is 6.86. The average molecular weight is 419 g/mol. The molecule has 6 nitrogen and oxygen atoms in total. The zero-order valence-electron chi connectivity index (χ0n) is 18.0. The number of hydrogen-bond donors (Lipinski definition) is 3. The Hall–Kier alpha value is -2.15. The third-order valence-electron chi connectivity index (χ3n) is 5.19. The number of carbonyl (C=O) groups excluding carboxylic acids is 2. The van der Waals surface area contributed by atoms with Crippen LogP contribution in [0.25, 0.3) is 0 Å². The number of amides is 2. The van der Waals surface area contributed by atoms with Gasteiger partial charge in [0.25, 0.3) is 5.91 Å². The van der Waals surface area contributed by atoms with E-state index in [1.54, 1.807) is 12.1 Å². The van der Waals surface area contributed by atoms with Crippen molar-refractivity contribution >= 4 is 29.1 Å². The number of nitrogens with zero attached hydrogens (tertiary/aromatic N) is 1. The number of piperidine rings is 1. The maximum atomic E-state index is 12.9. The monoisotopic (exact) mass is 418 g/mol. The molecule has 0 aliphatic carbocycles. The first-order chi connectivity index (χ1) is 13.8. The molecular formula is C22H34N4O2S. The standard InChI is InChI=1S/C22H34N4O2S/c1-5-23-22(29)26-12-10-17(11-13-26)19(21(28)24-14-15(2)3)25-20(27)18-8-6-16(4)7-9-18/h6-9,15,17,19H,5,10-14H2,1-4H3,(H,23,29)(H,24,28)(H,25,27)/t19-/m1/s1. The summed E-state index contributed by atoms with van der Waals surface area (Å²) in [4.78, 5) is 27.8. The smallest absolute Gasteiger partial charge is 0.251 e. The maximum Gasteiger partial charge on any atom is 0.251 e. The molecule has 29 heavy (non-hydrogen) atoms. The number of nitrogens with one attached hydrogen (secondary N) is 3. The number of aryl methyl sites for hydroxylation is 1. The van der Waals surface area contributed by atoms with Crippen molar-refractivity contribution in [1.29, 1.82) is 0 Å². The summed E-state index contributed by atoms with van der Waals surface area (Å²) in [6.45, 7) is 11.1. The van der Waals surface area contributed by atoms with Crippen LogP contribution in [0.3, 0.4) is 0 Å². The van der Waals surface area contributed by atoms with E-state index in [-0.39, 0.29) is 17.7 Å². The molecule has 0 radical (unpaired) electrons. The van der Waals surface area contributed by atoms with Crippen LogP contribution < -0.4 is 16.0 Å². The van der Waals surface area contributed by atoms with E-state index in [4.69, 9.17) is 12.2 Å². The summed E-state index contributed by atoms with van der Waals surface area (Å²) in [6.07, 6.45) is 1.61. The van der Waals surface area contributed by atoms with E-state index in [2.05, 4.69) is 34.7 Å². The molecule has 0 unspecified atom stereocenters. The highest BCUT2D eigenvalue weighted by molar-refractivity contribution is 7.80. The van der Waals surface area contributed by atoms with Crippen molar-refractivity contribution in [3.63, 3.8) is 0 Å². The summed E-state index contributed by atoms with van der Waals surface area (Å²) in [7, 11) is 0. The van der Waals surface area contributed by atoms with Crippen LogP contribution in [-0.4, -0.2) is 54.0 Å². The average Bonchev–Trinajstić information content (AvgIpc) is 2.71. The minimum atomic E-state index is -0.544. The lowest BCUT2D eigenvalue weighted by atomic mass is 9.88. The highest BCUT2D eigenvalue weighted by Gasteiger charge is 2.33. The molecule has 1 aliphatic rings. The van der Waals surface area contributed by atoms with Gasteiger partial charge in [0.15, 0.2) is 5.11 Å². The predicted molar refractivity (Wildman–Crippen MR) is 121 cm³/mol. The molecule has 2 rings (SSSR count). The van der Waals surface area contributed by atoms with Gasteiger partial charge in [0.05, 0.1) is 0 Å². The van der Waals surface area contributed by atoms with Crippen molar-refractivity contribution in [2.24, 2.45) is 11.8 Å². The van der Waals surface area contributed by atoms with Crippen LogP contribution in [0.4, 0.5) is 0 Å². The quantitative estimate of drug-likeness (QED) is 0.593. The second kappa shape index (κ2) is 11.1. The molecular weight excluding hydrogens is 384 g/mol. The van der Waals surface area contributed by atoms with Gasteiger partial charge < -0.3 is 20.9 Å². The van der Waals surface area contributed by atoms with E-state index in [1.807, 2.05) is 26.0 Å². The lowest BCUT2D eigenvalue weighted by Crippen LogP contribution is -2.54. The van der Waals surface area contributed by atoms with Gasteiger partial charge in [0, 0.05) is 31.7 Å². The van der Waals surface area contributed by atoms with Crippen molar-refractivity contribution in [1.82, 2.24) is 20.9 Å². The van der Waals surface area contributed by atoms with E-state index in [1.165, 1.54) is 0 Å². The summed E-state index contributed by atoms with van der Waals surface area (Å²) >= 11 is 5.41. The van der Waals surface area contributed by atoms with Crippen molar-refractivity contribution in [2.45, 2.75) is 46.6 Å². The number of benzene rings is 1. The molecule has 3 N–H and O–H groups in total. The van der Waals surface area contributed by atoms with Gasteiger partial charge in [-0.3, -0.25) is 9.59 Å². The Morgan fingerprint density at radius 1 is 1.14 bits per heavy atom. The topological polar surface area (TPSA) is 73.5 Å². The Kier molecular flexibility index (Phi) is 8.89. The first kappa shape index (κ1) is 23.1. The summed E-state index contributed by atoms with van der Waals surface area (Å²) in [5, 5.41) is 9.93. The molecule has 1 aromatic rings. The molecule has 160 valence electrons. The van der Waals surface area contributed by atoms with Gasteiger partial charge in [-0.15, -0.1) is 0 Å². The van der Waals surface area contributed by atoms with Crippen LogP contribution in [0.5, 0.6) is 0 Å². The van der Waals surface area contributed by atoms with E-state index >= 15 is 0 Å². The van der Waals surface area contributed by atoms with Gasteiger partial charge >= 0.3 is 0 Å². The number of rotatable bonds is 7. The number of carbonyl (C=O) groups is 2. The summed E-state index contributed by atoms with van der Waals surface area (Å²) in [5.41, 5.74) is 1.67. The molecule has 0 saturated carbocycles. The second-order valence-corrected chi connectivity index (χ2v) is 8.50. The first-order valence-corrected chi connectivity index (χ1v) is 10.9. The summed E-state index contributed by atoms with van der Waals surface area (Å²) < 4.78 is 0. The van der Waals surface area contributed by atoms with Crippen LogP contribution in [-0.2, 0) is 4.79 Å². The fourth-order valence-electron chi connectivity index (χ4n) is 3.44. The number of thiocarbonyl (C=S) groups is 1. The van der Waals surface area contributed by atoms with Gasteiger partial charge in [0.2, 0.25) is 5.91 Å². The summed E-state index contributed by atoms with van der Waals surface area (Å²) in [5.74, 6) is 0.121. The van der Waals surface area contributed by atoms with Gasteiger partial charge in [-0.2, -0.15) is 0 Å². The lowest BCUT2D eigenvalue weighted by molar-refractivity contribution is -0.124. The van der Waals surface area contributed by atoms with Crippen molar-refractivity contribution in [2.75, 3.05) is 26.2 Å². The largest absolute Gasteiger partial charge is 0.363 e. The Morgan fingerprint density at radius 2 is 1.76 bits per heavy atom. The number of hydrogen-bond acceptors (Lipinski definition) is 3. The molecule has 1 aromatic carbocycles. The predicted octanol–water partition coefficient (Wildman–Crippen LogP) is 2.47. The minimum absolute atomic E-state index is 0.0808. The van der Waals surface area contributed by atoms with Gasteiger partial charge in [-0.1, -0.05) is 31.5 Å². The van der Waals surface area contributed by atoms with E-state index < -0.39 is 6.04 Å². The molecule has 1 fully saturated rings. The normalized spacial score (nSPS) is 15.7. The highest BCUT2D eigenvalue weighted by Crippen LogP contribution is 2.22. The van der Waals surface area contributed by atoms with Crippen LogP contribution in [0.2, 0.25) is 0 Å². The molecule has 2 amide bonds. The van der Waals surface area contributed by atoms with Gasteiger partial charge in [0.1, 0.15) is 6.04 Å². The molecule has 1 atom stereocenters. The number of likely N-dealkylation sites (tertiary alicyclic amines) is 1. The van der Waals surface area contributed by atoms with Crippen molar-refractivity contribution in [3.05, 3.63) is 35.4 Å². The van der Waals surface area contributed by atoms with E-state index in [9.17, 15) is 9.59 Å². The Labute approximate surface area is 179 Å². The van der Waals surface area contributed by atoms with Gasteiger partial charge in [-0.25, -0.2) is 0 Å². The SMILES string of the molecule is CCNC(=S)N1CCC([C@@H](NC(=O)c2ccc(C)cc2)C(=O)NCC(C)C)CC1.